The van der Waals surface area contributed by atoms with Crippen LogP contribution in [0.4, 0.5) is 0 Å². The highest BCUT2D eigenvalue weighted by Gasteiger charge is 2.16. The zero-order valence-electron chi connectivity index (χ0n) is 16.1. The Balaban J connectivity index is 1.66. The predicted octanol–water partition coefficient (Wildman–Crippen LogP) is 3.91. The lowest BCUT2D eigenvalue weighted by Crippen LogP contribution is -2.17. The summed E-state index contributed by atoms with van der Waals surface area (Å²) in [4.78, 5) is 34.2. The molecule has 1 atom stereocenters. The molecule has 0 N–H and O–H groups in total. The Morgan fingerprint density at radius 3 is 2.69 bits per heavy atom. The minimum absolute atomic E-state index is 0.266. The third-order valence-electron chi connectivity index (χ3n) is 4.75. The number of benzene rings is 2. The van der Waals surface area contributed by atoms with Crippen molar-refractivity contribution >= 4 is 23.2 Å². The van der Waals surface area contributed by atoms with Crippen LogP contribution in [0.3, 0.4) is 0 Å². The van der Waals surface area contributed by atoms with Gasteiger partial charge in [-0.05, 0) is 42.3 Å². The highest BCUT2D eigenvalue weighted by molar-refractivity contribution is 5.97. The molecule has 150 valence electrons. The van der Waals surface area contributed by atoms with Crippen LogP contribution in [0.15, 0.2) is 54.7 Å². The van der Waals surface area contributed by atoms with E-state index in [-0.39, 0.29) is 23.9 Å². The number of aryl methyl sites for hydroxylation is 1. The van der Waals surface area contributed by atoms with Crippen molar-refractivity contribution in [2.75, 3.05) is 6.61 Å². The molecule has 3 rings (SSSR count). The molecular formula is C22H22N2O5. The van der Waals surface area contributed by atoms with Crippen molar-refractivity contribution in [1.29, 1.82) is 0 Å². The van der Waals surface area contributed by atoms with Crippen molar-refractivity contribution in [3.8, 4) is 0 Å². The summed E-state index contributed by atoms with van der Waals surface area (Å²) in [7, 11) is 0. The van der Waals surface area contributed by atoms with E-state index in [4.69, 9.17) is 4.74 Å². The summed E-state index contributed by atoms with van der Waals surface area (Å²) < 4.78 is 7.24. The molecule has 0 saturated carbocycles. The Labute approximate surface area is 168 Å². The van der Waals surface area contributed by atoms with E-state index in [0.717, 1.165) is 22.8 Å². The summed E-state index contributed by atoms with van der Waals surface area (Å²) in [6.07, 6.45) is 3.51. The molecule has 0 saturated heterocycles. The van der Waals surface area contributed by atoms with Crippen LogP contribution in [0, 0.1) is 10.1 Å². The maximum Gasteiger partial charge on any atom is 0.338 e. The standard InChI is InChI=1S/C22H22N2O5/c1-16(24(27)28)12-17-13-19-8-10-23(21(19)20(14-17)15-25)9-5-11-29-22(26)18-6-3-2-4-7-18/h2-4,6-8,10,13-16H,5,9,11-12H2,1H3. The first-order valence-corrected chi connectivity index (χ1v) is 9.42. The first-order valence-electron chi connectivity index (χ1n) is 9.42. The number of carbonyl (C=O) groups is 2. The van der Waals surface area contributed by atoms with E-state index in [0.29, 0.717) is 24.1 Å². The monoisotopic (exact) mass is 394 g/mol. The van der Waals surface area contributed by atoms with E-state index in [9.17, 15) is 19.7 Å². The van der Waals surface area contributed by atoms with Crippen LogP contribution in [-0.4, -0.2) is 34.4 Å². The van der Waals surface area contributed by atoms with Crippen LogP contribution in [0.5, 0.6) is 0 Å². The van der Waals surface area contributed by atoms with E-state index >= 15 is 0 Å². The average Bonchev–Trinajstić information content (AvgIpc) is 3.14. The van der Waals surface area contributed by atoms with Gasteiger partial charge >= 0.3 is 5.97 Å². The third kappa shape index (κ3) is 4.87. The van der Waals surface area contributed by atoms with Crippen LogP contribution in [0.2, 0.25) is 0 Å². The van der Waals surface area contributed by atoms with Gasteiger partial charge in [-0.1, -0.05) is 18.2 Å². The number of nitro groups is 1. The minimum atomic E-state index is -0.715. The van der Waals surface area contributed by atoms with Crippen molar-refractivity contribution in [3.63, 3.8) is 0 Å². The van der Waals surface area contributed by atoms with Crippen molar-refractivity contribution < 1.29 is 19.2 Å². The second-order valence-electron chi connectivity index (χ2n) is 6.94. The summed E-state index contributed by atoms with van der Waals surface area (Å²) in [5, 5.41) is 11.8. The maximum atomic E-state index is 12.0. The van der Waals surface area contributed by atoms with Crippen LogP contribution in [0.25, 0.3) is 10.9 Å². The largest absolute Gasteiger partial charge is 0.462 e. The van der Waals surface area contributed by atoms with Gasteiger partial charge in [0, 0.05) is 42.0 Å². The van der Waals surface area contributed by atoms with Gasteiger partial charge in [0.2, 0.25) is 6.04 Å². The number of carbonyl (C=O) groups excluding carboxylic acids is 2. The van der Waals surface area contributed by atoms with Gasteiger partial charge < -0.3 is 9.30 Å². The number of aldehydes is 1. The highest BCUT2D eigenvalue weighted by Crippen LogP contribution is 2.23. The summed E-state index contributed by atoms with van der Waals surface area (Å²) in [5.41, 5.74) is 2.56. The molecule has 0 bridgehead atoms. The first kappa shape index (κ1) is 20.3. The molecule has 7 heteroatoms. The first-order chi connectivity index (χ1) is 14.0. The topological polar surface area (TPSA) is 91.4 Å². The fourth-order valence-electron chi connectivity index (χ4n) is 3.32. The zero-order chi connectivity index (χ0) is 20.8. The van der Waals surface area contributed by atoms with Crippen molar-refractivity contribution in [2.45, 2.75) is 32.4 Å². The molecule has 0 radical (unpaired) electrons. The SMILES string of the molecule is CC(Cc1cc(C=O)c2c(ccn2CCCOC(=O)c2ccccc2)c1)[N+](=O)[O-]. The number of hydrogen-bond acceptors (Lipinski definition) is 5. The predicted molar refractivity (Wildman–Crippen MR) is 109 cm³/mol. The van der Waals surface area contributed by atoms with Crippen molar-refractivity contribution in [1.82, 2.24) is 4.57 Å². The fraction of sp³-hybridized carbons (Fsp3) is 0.273. The molecule has 0 aliphatic carbocycles. The normalized spacial score (nSPS) is 11.9. The van der Waals surface area contributed by atoms with Gasteiger partial charge in [0.25, 0.3) is 0 Å². The van der Waals surface area contributed by atoms with Gasteiger partial charge in [-0.2, -0.15) is 0 Å². The Morgan fingerprint density at radius 1 is 1.24 bits per heavy atom. The molecular weight excluding hydrogens is 372 g/mol. The van der Waals surface area contributed by atoms with E-state index in [2.05, 4.69) is 0 Å². The second kappa shape index (κ2) is 9.14. The fourth-order valence-corrected chi connectivity index (χ4v) is 3.32. The molecule has 0 fully saturated rings. The van der Waals surface area contributed by atoms with E-state index < -0.39 is 6.04 Å². The van der Waals surface area contributed by atoms with Gasteiger partial charge in [0.15, 0.2) is 6.29 Å². The Bertz CT molecular complexity index is 1030. The summed E-state index contributed by atoms with van der Waals surface area (Å²) in [6.45, 7) is 2.39. The number of hydrogen-bond donors (Lipinski definition) is 0. The highest BCUT2D eigenvalue weighted by atomic mass is 16.6. The van der Waals surface area contributed by atoms with Gasteiger partial charge in [0.05, 0.1) is 17.7 Å². The number of esters is 1. The van der Waals surface area contributed by atoms with Gasteiger partial charge in [-0.25, -0.2) is 4.79 Å². The van der Waals surface area contributed by atoms with E-state index in [1.54, 1.807) is 37.3 Å². The second-order valence-corrected chi connectivity index (χ2v) is 6.94. The molecule has 0 spiro atoms. The number of aromatic nitrogens is 1. The molecule has 3 aromatic rings. The van der Waals surface area contributed by atoms with E-state index in [1.807, 2.05) is 29.0 Å². The van der Waals surface area contributed by atoms with Crippen LogP contribution >= 0.6 is 0 Å². The molecule has 0 amide bonds. The third-order valence-corrected chi connectivity index (χ3v) is 4.75. The molecule has 2 aromatic carbocycles. The van der Waals surface area contributed by atoms with Gasteiger partial charge in [-0.15, -0.1) is 0 Å². The molecule has 1 unspecified atom stereocenters. The zero-order valence-corrected chi connectivity index (χ0v) is 16.1. The van der Waals surface area contributed by atoms with E-state index in [1.165, 1.54) is 0 Å². The number of rotatable bonds is 9. The Kier molecular flexibility index (Phi) is 6.39. The number of nitrogens with zero attached hydrogens (tertiary/aromatic N) is 2. The summed E-state index contributed by atoms with van der Waals surface area (Å²) >= 11 is 0. The quantitative estimate of drug-likeness (QED) is 0.180. The lowest BCUT2D eigenvalue weighted by molar-refractivity contribution is -0.517. The smallest absolute Gasteiger partial charge is 0.338 e. The van der Waals surface area contributed by atoms with Crippen LogP contribution < -0.4 is 0 Å². The van der Waals surface area contributed by atoms with Crippen LogP contribution in [-0.2, 0) is 17.7 Å². The summed E-state index contributed by atoms with van der Waals surface area (Å²) in [5.74, 6) is -0.360. The van der Waals surface area contributed by atoms with Crippen molar-refractivity contribution in [2.24, 2.45) is 0 Å². The molecule has 7 nitrogen and oxygen atoms in total. The molecule has 1 aromatic heterocycles. The van der Waals surface area contributed by atoms with Crippen LogP contribution in [0.1, 0.15) is 39.6 Å². The maximum absolute atomic E-state index is 12.0. The van der Waals surface area contributed by atoms with Gasteiger partial charge in [0.1, 0.15) is 0 Å². The number of ether oxygens (including phenoxy) is 1. The van der Waals surface area contributed by atoms with Gasteiger partial charge in [-0.3, -0.25) is 14.9 Å². The lowest BCUT2D eigenvalue weighted by atomic mass is 10.0. The lowest BCUT2D eigenvalue weighted by Gasteiger charge is -2.10. The molecule has 0 aliphatic heterocycles. The molecule has 29 heavy (non-hydrogen) atoms. The Hall–Kier alpha value is -3.48. The minimum Gasteiger partial charge on any atom is -0.462 e. The van der Waals surface area contributed by atoms with Crippen molar-refractivity contribution in [3.05, 3.63) is 81.5 Å². The number of fused-ring (bicyclic) bond motifs is 1. The molecule has 1 heterocycles. The Morgan fingerprint density at radius 2 is 2.00 bits per heavy atom. The average molecular weight is 394 g/mol. The molecule has 0 aliphatic rings. The summed E-state index contributed by atoms with van der Waals surface area (Å²) in [6, 6.07) is 13.6.